The molecule has 0 aliphatic carbocycles. The summed E-state index contributed by atoms with van der Waals surface area (Å²) in [7, 11) is 7.31. The Balaban J connectivity index is 1.69. The molecule has 0 bridgehead atoms. The Bertz CT molecular complexity index is 856. The highest BCUT2D eigenvalue weighted by Gasteiger charge is 2.21. The van der Waals surface area contributed by atoms with E-state index < -0.39 is 0 Å². The van der Waals surface area contributed by atoms with E-state index in [4.69, 9.17) is 9.47 Å². The average molecular weight is 399 g/mol. The highest BCUT2D eigenvalue weighted by molar-refractivity contribution is 5.92. The first kappa shape index (κ1) is 20.9. The minimum Gasteiger partial charge on any atom is -0.493 e. The van der Waals surface area contributed by atoms with E-state index in [9.17, 15) is 4.79 Å². The molecule has 0 fully saturated rings. The summed E-state index contributed by atoms with van der Waals surface area (Å²) >= 11 is 0. The number of amides is 1. The summed E-state index contributed by atoms with van der Waals surface area (Å²) in [6, 6.07) is 5.81. The zero-order chi connectivity index (χ0) is 20.8. The summed E-state index contributed by atoms with van der Waals surface area (Å²) in [4.78, 5) is 25.2. The number of hydrogen-bond acceptors (Lipinski definition) is 7. The third-order valence-electron chi connectivity index (χ3n) is 4.99. The molecule has 0 saturated heterocycles. The number of nitrogens with zero attached hydrogens (tertiary/aromatic N) is 4. The van der Waals surface area contributed by atoms with Gasteiger partial charge in [-0.05, 0) is 56.7 Å². The van der Waals surface area contributed by atoms with Gasteiger partial charge in [0.05, 0.1) is 14.2 Å². The summed E-state index contributed by atoms with van der Waals surface area (Å²) in [5.41, 5.74) is 2.80. The number of ether oxygens (including phenoxy) is 2. The van der Waals surface area contributed by atoms with Crippen molar-refractivity contribution in [2.75, 3.05) is 52.8 Å². The molecule has 8 nitrogen and oxygen atoms in total. The molecular formula is C21H29N5O3. The lowest BCUT2D eigenvalue weighted by atomic mass is 9.99. The fourth-order valence-electron chi connectivity index (χ4n) is 3.41. The van der Waals surface area contributed by atoms with Crippen LogP contribution in [0.1, 0.15) is 28.0 Å². The number of nitrogens with one attached hydrogen (secondary N) is 1. The molecule has 156 valence electrons. The lowest BCUT2D eigenvalue weighted by Gasteiger charge is -2.30. The van der Waals surface area contributed by atoms with E-state index in [0.29, 0.717) is 24.5 Å². The van der Waals surface area contributed by atoms with Gasteiger partial charge in [-0.2, -0.15) is 0 Å². The molecule has 1 aliphatic rings. The molecule has 1 amide bonds. The van der Waals surface area contributed by atoms with Crippen LogP contribution in [0.3, 0.4) is 0 Å². The second-order valence-corrected chi connectivity index (χ2v) is 7.32. The van der Waals surface area contributed by atoms with Crippen molar-refractivity contribution in [1.82, 2.24) is 20.2 Å². The number of anilines is 1. The van der Waals surface area contributed by atoms with E-state index in [-0.39, 0.29) is 5.91 Å². The van der Waals surface area contributed by atoms with E-state index in [1.807, 2.05) is 26.2 Å². The quantitative estimate of drug-likeness (QED) is 0.677. The van der Waals surface area contributed by atoms with Gasteiger partial charge >= 0.3 is 0 Å². The van der Waals surface area contributed by atoms with Crippen LogP contribution in [0.2, 0.25) is 0 Å². The number of carbonyl (C=O) groups is 1. The first-order chi connectivity index (χ1) is 14.0. The predicted molar refractivity (Wildman–Crippen MR) is 112 cm³/mol. The average Bonchev–Trinajstić information content (AvgIpc) is 2.75. The highest BCUT2D eigenvalue weighted by Crippen LogP contribution is 2.34. The number of methoxy groups -OCH3 is 2. The lowest BCUT2D eigenvalue weighted by molar-refractivity contribution is 0.0947. The predicted octanol–water partition coefficient (Wildman–Crippen LogP) is 1.74. The molecule has 2 heterocycles. The van der Waals surface area contributed by atoms with Gasteiger partial charge in [-0.15, -0.1) is 0 Å². The molecule has 1 aromatic heterocycles. The summed E-state index contributed by atoms with van der Waals surface area (Å²) < 4.78 is 10.8. The van der Waals surface area contributed by atoms with Crippen LogP contribution in [0.15, 0.2) is 24.5 Å². The third-order valence-corrected chi connectivity index (χ3v) is 4.99. The van der Waals surface area contributed by atoms with Crippen LogP contribution >= 0.6 is 0 Å². The van der Waals surface area contributed by atoms with Gasteiger partial charge in [0.2, 0.25) is 0 Å². The number of hydrogen-bond donors (Lipinski definition) is 1. The summed E-state index contributed by atoms with van der Waals surface area (Å²) in [5.74, 6) is 2.04. The van der Waals surface area contributed by atoms with Gasteiger partial charge in [0.1, 0.15) is 17.8 Å². The molecule has 0 radical (unpaired) electrons. The summed E-state index contributed by atoms with van der Waals surface area (Å²) in [6.45, 7) is 3.05. The molecular weight excluding hydrogens is 370 g/mol. The van der Waals surface area contributed by atoms with Gasteiger partial charge in [-0.3, -0.25) is 4.79 Å². The van der Waals surface area contributed by atoms with Crippen LogP contribution in [0, 0.1) is 0 Å². The zero-order valence-electron chi connectivity index (χ0n) is 17.6. The first-order valence-electron chi connectivity index (χ1n) is 9.75. The number of fused-ring (bicyclic) bond motifs is 1. The van der Waals surface area contributed by atoms with Gasteiger partial charge in [0.15, 0.2) is 11.5 Å². The number of rotatable bonds is 8. The Hall–Kier alpha value is -2.87. The Morgan fingerprint density at radius 2 is 1.86 bits per heavy atom. The monoisotopic (exact) mass is 399 g/mol. The topological polar surface area (TPSA) is 79.8 Å². The van der Waals surface area contributed by atoms with E-state index >= 15 is 0 Å². The van der Waals surface area contributed by atoms with Crippen molar-refractivity contribution >= 4 is 11.7 Å². The molecule has 1 aliphatic heterocycles. The molecule has 1 N–H and O–H groups in total. The smallest absolute Gasteiger partial charge is 0.270 e. The minimum atomic E-state index is -0.170. The normalized spacial score (nSPS) is 13.2. The van der Waals surface area contributed by atoms with Gasteiger partial charge < -0.3 is 24.6 Å². The Morgan fingerprint density at radius 3 is 2.55 bits per heavy atom. The summed E-state index contributed by atoms with van der Waals surface area (Å²) in [5, 5.41) is 2.92. The second-order valence-electron chi connectivity index (χ2n) is 7.32. The minimum absolute atomic E-state index is 0.170. The standard InChI is InChI=1S/C21H29N5O3/c1-25(2)8-5-7-22-21(27)17-12-20(24-14-23-17)26-9-6-15-10-18(28-3)19(29-4)11-16(15)13-26/h10-12,14H,5-9,13H2,1-4H3,(H,22,27). The molecule has 2 aromatic rings. The number of carbonyl (C=O) groups excluding carboxylic acids is 1. The molecule has 0 atom stereocenters. The highest BCUT2D eigenvalue weighted by atomic mass is 16.5. The molecule has 0 unspecified atom stereocenters. The van der Waals surface area contributed by atoms with Crippen molar-refractivity contribution < 1.29 is 14.3 Å². The Kier molecular flexibility index (Phi) is 6.87. The van der Waals surface area contributed by atoms with Crippen molar-refractivity contribution in [3.63, 3.8) is 0 Å². The van der Waals surface area contributed by atoms with Crippen LogP contribution in [-0.2, 0) is 13.0 Å². The van der Waals surface area contributed by atoms with Gasteiger partial charge in [0.25, 0.3) is 5.91 Å². The lowest BCUT2D eigenvalue weighted by Crippen LogP contribution is -2.32. The zero-order valence-corrected chi connectivity index (χ0v) is 17.6. The van der Waals surface area contributed by atoms with Crippen LogP contribution < -0.4 is 19.7 Å². The molecule has 1 aromatic carbocycles. The van der Waals surface area contributed by atoms with E-state index in [1.54, 1.807) is 20.3 Å². The van der Waals surface area contributed by atoms with Crippen LogP contribution in [-0.4, -0.2) is 68.7 Å². The third kappa shape index (κ3) is 5.14. The SMILES string of the molecule is COc1cc2c(cc1OC)CN(c1cc(C(=O)NCCCN(C)C)ncn1)CC2. The fourth-order valence-corrected chi connectivity index (χ4v) is 3.41. The number of benzene rings is 1. The molecule has 3 rings (SSSR count). The molecule has 0 saturated carbocycles. The fraction of sp³-hybridized carbons (Fsp3) is 0.476. The van der Waals surface area contributed by atoms with Crippen LogP contribution in [0.4, 0.5) is 5.82 Å². The van der Waals surface area contributed by atoms with Crippen molar-refractivity contribution in [2.24, 2.45) is 0 Å². The Labute approximate surface area is 171 Å². The Morgan fingerprint density at radius 1 is 1.14 bits per heavy atom. The van der Waals surface area contributed by atoms with Crippen molar-refractivity contribution in [1.29, 1.82) is 0 Å². The van der Waals surface area contributed by atoms with Crippen LogP contribution in [0.25, 0.3) is 0 Å². The van der Waals surface area contributed by atoms with Gasteiger partial charge in [-0.1, -0.05) is 0 Å². The van der Waals surface area contributed by atoms with Crippen molar-refractivity contribution in [3.05, 3.63) is 41.3 Å². The maximum Gasteiger partial charge on any atom is 0.270 e. The van der Waals surface area contributed by atoms with E-state index in [0.717, 1.165) is 37.5 Å². The molecule has 29 heavy (non-hydrogen) atoms. The van der Waals surface area contributed by atoms with E-state index in [2.05, 4.69) is 25.1 Å². The van der Waals surface area contributed by atoms with Crippen molar-refractivity contribution in [2.45, 2.75) is 19.4 Å². The molecule has 8 heteroatoms. The van der Waals surface area contributed by atoms with Gasteiger partial charge in [-0.25, -0.2) is 9.97 Å². The maximum atomic E-state index is 12.4. The maximum absolute atomic E-state index is 12.4. The molecule has 0 spiro atoms. The van der Waals surface area contributed by atoms with Crippen molar-refractivity contribution in [3.8, 4) is 11.5 Å². The first-order valence-corrected chi connectivity index (χ1v) is 9.75. The largest absolute Gasteiger partial charge is 0.493 e. The van der Waals surface area contributed by atoms with Gasteiger partial charge in [0, 0.05) is 25.7 Å². The van der Waals surface area contributed by atoms with E-state index in [1.165, 1.54) is 17.5 Å². The van der Waals surface area contributed by atoms with Crippen LogP contribution in [0.5, 0.6) is 11.5 Å². The summed E-state index contributed by atoms with van der Waals surface area (Å²) in [6.07, 6.45) is 3.21. The second kappa shape index (κ2) is 9.56. The number of aromatic nitrogens is 2.